The Bertz CT molecular complexity index is 929. The molecule has 3 rings (SSSR count). The Morgan fingerprint density at radius 3 is 2.86 bits per heavy atom. The maximum absolute atomic E-state index is 12.2. The highest BCUT2D eigenvalue weighted by Crippen LogP contribution is 2.32. The topological polar surface area (TPSA) is 64.1 Å². The number of pyridine rings is 1. The van der Waals surface area contributed by atoms with E-state index in [4.69, 9.17) is 4.74 Å². The van der Waals surface area contributed by atoms with Crippen LogP contribution in [0.1, 0.15) is 20.3 Å². The van der Waals surface area contributed by atoms with Crippen molar-refractivity contribution >= 4 is 56.7 Å². The summed E-state index contributed by atoms with van der Waals surface area (Å²) in [5.74, 6) is 1.24. The Kier molecular flexibility index (Phi) is 7.34. The van der Waals surface area contributed by atoms with Gasteiger partial charge in [-0.1, -0.05) is 29.6 Å². The van der Waals surface area contributed by atoms with Crippen LogP contribution in [-0.2, 0) is 9.53 Å². The first kappa shape index (κ1) is 21.1. The molecule has 28 heavy (non-hydrogen) atoms. The summed E-state index contributed by atoms with van der Waals surface area (Å²) in [5, 5.41) is 3.79. The first-order chi connectivity index (χ1) is 13.4. The fourth-order valence-corrected chi connectivity index (χ4v) is 5.38. The van der Waals surface area contributed by atoms with Crippen molar-refractivity contribution in [2.45, 2.75) is 35.2 Å². The third kappa shape index (κ3) is 6.20. The van der Waals surface area contributed by atoms with E-state index in [9.17, 15) is 4.79 Å². The quantitative estimate of drug-likeness (QED) is 0.460. The van der Waals surface area contributed by atoms with Crippen molar-refractivity contribution in [3.63, 3.8) is 0 Å². The number of thioether (sulfide) groups is 2. The summed E-state index contributed by atoms with van der Waals surface area (Å²) < 4.78 is 7.57. The van der Waals surface area contributed by atoms with E-state index < -0.39 is 0 Å². The molecule has 1 amide bonds. The lowest BCUT2D eigenvalue weighted by molar-refractivity contribution is -0.113. The minimum Gasteiger partial charge on any atom is -0.379 e. The lowest BCUT2D eigenvalue weighted by atomic mass is 10.1. The van der Waals surface area contributed by atoms with Gasteiger partial charge in [0.1, 0.15) is 0 Å². The molecule has 0 radical (unpaired) electrons. The van der Waals surface area contributed by atoms with Gasteiger partial charge in [0.05, 0.1) is 26.6 Å². The second-order valence-electron chi connectivity index (χ2n) is 6.73. The third-order valence-electron chi connectivity index (χ3n) is 4.12. The molecule has 0 atom stereocenters. The molecule has 0 spiro atoms. The van der Waals surface area contributed by atoms with Crippen molar-refractivity contribution in [1.29, 1.82) is 0 Å². The molecule has 2 heterocycles. The van der Waals surface area contributed by atoms with Gasteiger partial charge in [0.15, 0.2) is 4.34 Å². The van der Waals surface area contributed by atoms with E-state index in [-0.39, 0.29) is 11.5 Å². The van der Waals surface area contributed by atoms with Gasteiger partial charge in [-0.3, -0.25) is 4.79 Å². The normalized spacial score (nSPS) is 11.7. The van der Waals surface area contributed by atoms with E-state index in [1.54, 1.807) is 36.4 Å². The SMILES string of the molecule is COC(C)(C)CCSc1nc2ccc(NC(=O)CSc3ccccn3)cc2s1. The smallest absolute Gasteiger partial charge is 0.234 e. The zero-order valence-corrected chi connectivity index (χ0v) is 18.5. The number of carbonyl (C=O) groups excluding carboxylic acids is 1. The summed E-state index contributed by atoms with van der Waals surface area (Å²) in [6, 6.07) is 11.5. The fourth-order valence-electron chi connectivity index (χ4n) is 2.30. The van der Waals surface area contributed by atoms with Crippen molar-refractivity contribution in [3.05, 3.63) is 42.6 Å². The molecule has 2 aromatic heterocycles. The van der Waals surface area contributed by atoms with Crippen molar-refractivity contribution in [3.8, 4) is 0 Å². The molecule has 0 aliphatic rings. The predicted octanol–water partition coefficient (Wildman–Crippen LogP) is 5.33. The number of hydrogen-bond donors (Lipinski definition) is 1. The lowest BCUT2D eigenvalue weighted by Crippen LogP contribution is -2.22. The number of benzene rings is 1. The summed E-state index contributed by atoms with van der Waals surface area (Å²) in [6.07, 6.45) is 2.68. The summed E-state index contributed by atoms with van der Waals surface area (Å²) >= 11 is 4.82. The summed E-state index contributed by atoms with van der Waals surface area (Å²) in [7, 11) is 1.74. The number of amides is 1. The van der Waals surface area contributed by atoms with Crippen LogP contribution < -0.4 is 5.32 Å². The van der Waals surface area contributed by atoms with Gasteiger partial charge >= 0.3 is 0 Å². The number of aromatic nitrogens is 2. The van der Waals surface area contributed by atoms with E-state index in [2.05, 4.69) is 29.1 Å². The molecule has 148 valence electrons. The molecule has 0 unspecified atom stereocenters. The van der Waals surface area contributed by atoms with Gasteiger partial charge in [0.2, 0.25) is 5.91 Å². The lowest BCUT2D eigenvalue weighted by Gasteiger charge is -2.21. The maximum Gasteiger partial charge on any atom is 0.234 e. The Hall–Kier alpha value is -1.61. The molecular formula is C20H23N3O2S3. The highest BCUT2D eigenvalue weighted by molar-refractivity contribution is 8.01. The van der Waals surface area contributed by atoms with Gasteiger partial charge in [-0.15, -0.1) is 11.3 Å². The van der Waals surface area contributed by atoms with E-state index in [1.165, 1.54) is 11.8 Å². The largest absolute Gasteiger partial charge is 0.379 e. The Balaban J connectivity index is 1.55. The van der Waals surface area contributed by atoms with E-state index in [1.807, 2.05) is 36.4 Å². The predicted molar refractivity (Wildman–Crippen MR) is 120 cm³/mol. The van der Waals surface area contributed by atoms with Crippen molar-refractivity contribution in [2.75, 3.05) is 23.9 Å². The zero-order chi connectivity index (χ0) is 20.0. The number of methoxy groups -OCH3 is 1. The Morgan fingerprint density at radius 1 is 1.25 bits per heavy atom. The van der Waals surface area contributed by atoms with Gasteiger partial charge in [0, 0.05) is 24.7 Å². The highest BCUT2D eigenvalue weighted by Gasteiger charge is 2.16. The number of ether oxygens (including phenoxy) is 1. The van der Waals surface area contributed by atoms with Crippen LogP contribution in [0.2, 0.25) is 0 Å². The Labute approximate surface area is 177 Å². The molecular weight excluding hydrogens is 410 g/mol. The van der Waals surface area contributed by atoms with Gasteiger partial charge in [-0.25, -0.2) is 9.97 Å². The van der Waals surface area contributed by atoms with E-state index in [0.29, 0.717) is 5.75 Å². The first-order valence-electron chi connectivity index (χ1n) is 8.87. The van der Waals surface area contributed by atoms with Crippen LogP contribution in [0.5, 0.6) is 0 Å². The standard InChI is InChI=1S/C20H23N3O2S3/c1-20(2,25-3)9-11-26-19-23-15-8-7-14(12-16(15)28-19)22-17(24)13-27-18-6-4-5-10-21-18/h4-8,10,12H,9,11,13H2,1-3H3,(H,22,24). The number of fused-ring (bicyclic) bond motifs is 1. The molecule has 3 aromatic rings. The number of rotatable bonds is 9. The van der Waals surface area contributed by atoms with Crippen LogP contribution in [0.15, 0.2) is 52.0 Å². The molecule has 1 aromatic carbocycles. The molecule has 0 saturated carbocycles. The number of hydrogen-bond acceptors (Lipinski definition) is 7. The van der Waals surface area contributed by atoms with Gasteiger partial charge in [-0.2, -0.15) is 0 Å². The van der Waals surface area contributed by atoms with E-state index >= 15 is 0 Å². The summed E-state index contributed by atoms with van der Waals surface area (Å²) in [4.78, 5) is 21.1. The summed E-state index contributed by atoms with van der Waals surface area (Å²) in [5.41, 5.74) is 1.63. The fraction of sp³-hybridized carbons (Fsp3) is 0.350. The third-order valence-corrected chi connectivity index (χ3v) is 7.23. The van der Waals surface area contributed by atoms with Crippen LogP contribution in [0.3, 0.4) is 0 Å². The second-order valence-corrected chi connectivity index (χ2v) is 10.1. The second kappa shape index (κ2) is 9.73. The molecule has 0 aliphatic heterocycles. The molecule has 0 aliphatic carbocycles. The monoisotopic (exact) mass is 433 g/mol. The molecule has 0 bridgehead atoms. The van der Waals surface area contributed by atoms with Crippen LogP contribution in [0, 0.1) is 0 Å². The minimum absolute atomic E-state index is 0.0455. The van der Waals surface area contributed by atoms with Crippen LogP contribution >= 0.6 is 34.9 Å². The van der Waals surface area contributed by atoms with Gasteiger partial charge < -0.3 is 10.1 Å². The van der Waals surface area contributed by atoms with Crippen molar-refractivity contribution in [1.82, 2.24) is 9.97 Å². The van der Waals surface area contributed by atoms with E-state index in [0.717, 1.165) is 37.4 Å². The number of anilines is 1. The number of thiazole rings is 1. The van der Waals surface area contributed by atoms with Crippen molar-refractivity contribution in [2.24, 2.45) is 0 Å². The highest BCUT2D eigenvalue weighted by atomic mass is 32.2. The van der Waals surface area contributed by atoms with Crippen LogP contribution in [0.25, 0.3) is 10.2 Å². The minimum atomic E-state index is -0.117. The van der Waals surface area contributed by atoms with Crippen LogP contribution in [-0.4, -0.2) is 40.1 Å². The van der Waals surface area contributed by atoms with Crippen LogP contribution in [0.4, 0.5) is 5.69 Å². The molecule has 1 N–H and O–H groups in total. The maximum atomic E-state index is 12.2. The summed E-state index contributed by atoms with van der Waals surface area (Å²) in [6.45, 7) is 4.18. The average molecular weight is 434 g/mol. The first-order valence-corrected chi connectivity index (χ1v) is 11.7. The number of carbonyl (C=O) groups is 1. The average Bonchev–Trinajstić information content (AvgIpc) is 3.09. The van der Waals surface area contributed by atoms with Crippen molar-refractivity contribution < 1.29 is 9.53 Å². The molecule has 8 heteroatoms. The Morgan fingerprint density at radius 2 is 2.11 bits per heavy atom. The molecule has 0 saturated heterocycles. The zero-order valence-electron chi connectivity index (χ0n) is 16.1. The number of nitrogens with zero attached hydrogens (tertiary/aromatic N) is 2. The number of nitrogens with one attached hydrogen (secondary N) is 1. The van der Waals surface area contributed by atoms with Gasteiger partial charge in [0.25, 0.3) is 0 Å². The molecule has 0 fully saturated rings. The van der Waals surface area contributed by atoms with Gasteiger partial charge in [-0.05, 0) is 50.6 Å². The molecule has 5 nitrogen and oxygen atoms in total.